The van der Waals surface area contributed by atoms with Gasteiger partial charge in [0.05, 0.1) is 21.8 Å². The van der Waals surface area contributed by atoms with Crippen LogP contribution in [0, 0.1) is 12.3 Å². The van der Waals surface area contributed by atoms with Crippen molar-refractivity contribution in [3.05, 3.63) is 29.3 Å². The van der Waals surface area contributed by atoms with E-state index in [0.717, 1.165) is 15.2 Å². The van der Waals surface area contributed by atoms with E-state index in [9.17, 15) is 4.79 Å². The lowest BCUT2D eigenvalue weighted by atomic mass is 10.3. The Kier molecular flexibility index (Phi) is 3.73. The second-order valence-electron chi connectivity index (χ2n) is 3.56. The smallest absolute Gasteiger partial charge is 0.221 e. The molecule has 0 bridgehead atoms. The fourth-order valence-corrected chi connectivity index (χ4v) is 2.45. The Balaban J connectivity index is 1.95. The van der Waals surface area contributed by atoms with E-state index in [0.29, 0.717) is 19.4 Å². The predicted molar refractivity (Wildman–Crippen MR) is 69.8 cm³/mol. The van der Waals surface area contributed by atoms with E-state index < -0.39 is 0 Å². The van der Waals surface area contributed by atoms with Crippen LogP contribution in [0.5, 0.6) is 0 Å². The van der Waals surface area contributed by atoms with Crippen LogP contribution in [0.4, 0.5) is 0 Å². The summed E-state index contributed by atoms with van der Waals surface area (Å²) in [7, 11) is 0. The van der Waals surface area contributed by atoms with Crippen molar-refractivity contribution in [2.75, 3.05) is 6.54 Å². The van der Waals surface area contributed by atoms with Crippen LogP contribution in [0.25, 0.3) is 10.2 Å². The molecule has 0 fully saturated rings. The van der Waals surface area contributed by atoms with Crippen LogP contribution in [-0.2, 0) is 11.2 Å². The number of para-hydroxylation sites is 1. The Morgan fingerprint density at radius 1 is 1.47 bits per heavy atom. The minimum absolute atomic E-state index is 0.0257. The SMILES string of the molecule is C#CCNC(=O)CCc1nc2ccccc2s1. The number of rotatable bonds is 4. The molecule has 0 unspecified atom stereocenters. The molecule has 17 heavy (non-hydrogen) atoms. The van der Waals surface area contributed by atoms with Crippen LogP contribution in [0.15, 0.2) is 24.3 Å². The Labute approximate surface area is 104 Å². The van der Waals surface area contributed by atoms with Gasteiger partial charge in [0.1, 0.15) is 0 Å². The number of carbonyl (C=O) groups excluding carboxylic acids is 1. The molecule has 0 aliphatic rings. The third-order valence-electron chi connectivity index (χ3n) is 2.29. The highest BCUT2D eigenvalue weighted by atomic mass is 32.1. The molecule has 1 amide bonds. The fraction of sp³-hybridized carbons (Fsp3) is 0.231. The Bertz CT molecular complexity index is 535. The normalized spacial score (nSPS) is 10.1. The average molecular weight is 244 g/mol. The number of nitrogens with one attached hydrogen (secondary N) is 1. The molecule has 0 aliphatic carbocycles. The predicted octanol–water partition coefficient (Wildman–Crippen LogP) is 1.98. The summed E-state index contributed by atoms with van der Waals surface area (Å²) in [4.78, 5) is 15.8. The van der Waals surface area contributed by atoms with Gasteiger partial charge in [-0.05, 0) is 12.1 Å². The standard InChI is InChI=1S/C13H12N2OS/c1-2-9-14-12(16)7-8-13-15-10-5-3-4-6-11(10)17-13/h1,3-6H,7-9H2,(H,14,16). The summed E-state index contributed by atoms with van der Waals surface area (Å²) in [5, 5.41) is 3.63. The van der Waals surface area contributed by atoms with Gasteiger partial charge in [-0.2, -0.15) is 0 Å². The Morgan fingerprint density at radius 2 is 2.29 bits per heavy atom. The van der Waals surface area contributed by atoms with E-state index in [-0.39, 0.29) is 5.91 Å². The summed E-state index contributed by atoms with van der Waals surface area (Å²) >= 11 is 1.63. The van der Waals surface area contributed by atoms with Crippen LogP contribution < -0.4 is 5.32 Å². The van der Waals surface area contributed by atoms with Gasteiger partial charge >= 0.3 is 0 Å². The first-order valence-corrected chi connectivity index (χ1v) is 6.16. The Hall–Kier alpha value is -1.86. The monoisotopic (exact) mass is 244 g/mol. The summed E-state index contributed by atoms with van der Waals surface area (Å²) in [5.41, 5.74) is 0.997. The largest absolute Gasteiger partial charge is 0.345 e. The van der Waals surface area contributed by atoms with Gasteiger partial charge in [-0.3, -0.25) is 4.79 Å². The van der Waals surface area contributed by atoms with Crippen molar-refractivity contribution in [3.63, 3.8) is 0 Å². The molecule has 0 saturated heterocycles. The molecule has 0 spiro atoms. The second kappa shape index (κ2) is 5.46. The number of aromatic nitrogens is 1. The van der Waals surface area contributed by atoms with Crippen LogP contribution in [-0.4, -0.2) is 17.4 Å². The van der Waals surface area contributed by atoms with Crippen molar-refractivity contribution in [3.8, 4) is 12.3 Å². The van der Waals surface area contributed by atoms with E-state index in [1.54, 1.807) is 11.3 Å². The molecule has 1 aromatic carbocycles. The first kappa shape index (κ1) is 11.6. The van der Waals surface area contributed by atoms with Gasteiger partial charge in [0, 0.05) is 12.8 Å². The molecule has 0 radical (unpaired) electrons. The number of fused-ring (bicyclic) bond motifs is 1. The summed E-state index contributed by atoms with van der Waals surface area (Å²) < 4.78 is 1.16. The first-order valence-electron chi connectivity index (χ1n) is 5.34. The average Bonchev–Trinajstić information content (AvgIpc) is 2.76. The van der Waals surface area contributed by atoms with Crippen molar-refractivity contribution in [1.82, 2.24) is 10.3 Å². The van der Waals surface area contributed by atoms with Gasteiger partial charge in [0.15, 0.2) is 0 Å². The zero-order chi connectivity index (χ0) is 12.1. The van der Waals surface area contributed by atoms with Crippen LogP contribution in [0.3, 0.4) is 0 Å². The fourth-order valence-electron chi connectivity index (χ4n) is 1.49. The number of aryl methyl sites for hydroxylation is 1. The molecule has 2 rings (SSSR count). The van der Waals surface area contributed by atoms with Gasteiger partial charge in [-0.15, -0.1) is 17.8 Å². The number of carbonyl (C=O) groups is 1. The topological polar surface area (TPSA) is 42.0 Å². The minimum atomic E-state index is -0.0257. The lowest BCUT2D eigenvalue weighted by Crippen LogP contribution is -2.23. The molecule has 0 atom stereocenters. The molecular formula is C13H12N2OS. The number of terminal acetylenes is 1. The highest BCUT2D eigenvalue weighted by molar-refractivity contribution is 7.18. The van der Waals surface area contributed by atoms with Gasteiger partial charge in [-0.1, -0.05) is 18.1 Å². The molecule has 1 heterocycles. The maximum atomic E-state index is 11.4. The molecule has 0 saturated carbocycles. The third-order valence-corrected chi connectivity index (χ3v) is 3.39. The third kappa shape index (κ3) is 3.05. The molecular weight excluding hydrogens is 232 g/mol. The number of hydrogen-bond acceptors (Lipinski definition) is 3. The van der Waals surface area contributed by atoms with Crippen molar-refractivity contribution >= 4 is 27.5 Å². The number of amides is 1. The maximum absolute atomic E-state index is 11.4. The number of benzene rings is 1. The maximum Gasteiger partial charge on any atom is 0.221 e. The van der Waals surface area contributed by atoms with E-state index in [1.165, 1.54) is 0 Å². The summed E-state index contributed by atoms with van der Waals surface area (Å²) in [6.45, 7) is 0.290. The molecule has 2 aromatic rings. The van der Waals surface area contributed by atoms with Crippen molar-refractivity contribution in [1.29, 1.82) is 0 Å². The molecule has 1 N–H and O–H groups in total. The highest BCUT2D eigenvalue weighted by Crippen LogP contribution is 2.22. The van der Waals surface area contributed by atoms with Gasteiger partial charge in [0.25, 0.3) is 0 Å². The summed E-state index contributed by atoms with van der Waals surface area (Å²) in [6.07, 6.45) is 6.15. The van der Waals surface area contributed by atoms with Crippen LogP contribution >= 0.6 is 11.3 Å². The van der Waals surface area contributed by atoms with E-state index >= 15 is 0 Å². The Morgan fingerprint density at radius 3 is 3.06 bits per heavy atom. The minimum Gasteiger partial charge on any atom is -0.345 e. The summed E-state index contributed by atoms with van der Waals surface area (Å²) in [5.74, 6) is 2.35. The molecule has 1 aromatic heterocycles. The second-order valence-corrected chi connectivity index (χ2v) is 4.67. The van der Waals surface area contributed by atoms with Gasteiger partial charge in [0.2, 0.25) is 5.91 Å². The van der Waals surface area contributed by atoms with Crippen molar-refractivity contribution in [2.24, 2.45) is 0 Å². The van der Waals surface area contributed by atoms with Crippen LogP contribution in [0.1, 0.15) is 11.4 Å². The zero-order valence-electron chi connectivity index (χ0n) is 9.27. The lowest BCUT2D eigenvalue weighted by molar-refractivity contribution is -0.120. The van der Waals surface area contributed by atoms with Crippen molar-refractivity contribution in [2.45, 2.75) is 12.8 Å². The van der Waals surface area contributed by atoms with E-state index in [1.807, 2.05) is 24.3 Å². The van der Waals surface area contributed by atoms with Crippen molar-refractivity contribution < 1.29 is 4.79 Å². The quantitative estimate of drug-likeness (QED) is 0.836. The molecule has 4 heteroatoms. The number of hydrogen-bond donors (Lipinski definition) is 1. The van der Waals surface area contributed by atoms with Gasteiger partial charge in [-0.25, -0.2) is 4.98 Å². The summed E-state index contributed by atoms with van der Waals surface area (Å²) in [6, 6.07) is 7.97. The molecule has 3 nitrogen and oxygen atoms in total. The zero-order valence-corrected chi connectivity index (χ0v) is 10.1. The van der Waals surface area contributed by atoms with Crippen LogP contribution in [0.2, 0.25) is 0 Å². The number of nitrogens with zero attached hydrogens (tertiary/aromatic N) is 1. The highest BCUT2D eigenvalue weighted by Gasteiger charge is 2.05. The van der Waals surface area contributed by atoms with E-state index in [2.05, 4.69) is 16.2 Å². The lowest BCUT2D eigenvalue weighted by Gasteiger charge is -1.98. The number of thiazole rings is 1. The first-order chi connectivity index (χ1) is 8.29. The van der Waals surface area contributed by atoms with E-state index in [4.69, 9.17) is 6.42 Å². The molecule has 0 aliphatic heterocycles. The molecule has 86 valence electrons. The van der Waals surface area contributed by atoms with Gasteiger partial charge < -0.3 is 5.32 Å².